The Bertz CT molecular complexity index is 517. The van der Waals surface area contributed by atoms with Crippen molar-refractivity contribution in [2.45, 2.75) is 39.5 Å². The maximum Gasteiger partial charge on any atom is 0.305 e. The summed E-state index contributed by atoms with van der Waals surface area (Å²) in [5.74, 6) is 0.130. The Balaban J connectivity index is 0.000000322. The number of ether oxygens (including phenoxy) is 1. The van der Waals surface area contributed by atoms with Crippen LogP contribution in [0, 0.1) is 0 Å². The predicted molar refractivity (Wildman–Crippen MR) is 85.7 cm³/mol. The number of esters is 1. The first-order valence-electron chi connectivity index (χ1n) is 7.90. The van der Waals surface area contributed by atoms with E-state index < -0.39 is 0 Å². The van der Waals surface area contributed by atoms with E-state index in [0.29, 0.717) is 32.4 Å². The third kappa shape index (κ3) is 7.54. The van der Waals surface area contributed by atoms with Gasteiger partial charge in [-0.1, -0.05) is 6.92 Å². The molecule has 1 saturated heterocycles. The third-order valence-electron chi connectivity index (χ3n) is 3.35. The summed E-state index contributed by atoms with van der Waals surface area (Å²) in [5.41, 5.74) is 1.14. The molecule has 1 aromatic heterocycles. The van der Waals surface area contributed by atoms with Crippen molar-refractivity contribution in [2.24, 2.45) is 0 Å². The van der Waals surface area contributed by atoms with Gasteiger partial charge in [0.25, 0.3) is 0 Å². The van der Waals surface area contributed by atoms with Crippen molar-refractivity contribution in [1.82, 2.24) is 9.88 Å². The van der Waals surface area contributed by atoms with Gasteiger partial charge in [-0.2, -0.15) is 0 Å². The van der Waals surface area contributed by atoms with Gasteiger partial charge in [-0.05, 0) is 31.0 Å². The molecule has 1 aromatic rings. The van der Waals surface area contributed by atoms with Crippen LogP contribution in [0.25, 0.3) is 0 Å². The fourth-order valence-electron chi connectivity index (χ4n) is 2.06. The van der Waals surface area contributed by atoms with Gasteiger partial charge in [0.2, 0.25) is 5.91 Å². The quantitative estimate of drug-likeness (QED) is 0.773. The number of hydrogen-bond donors (Lipinski definition) is 0. The van der Waals surface area contributed by atoms with Crippen molar-refractivity contribution in [3.63, 3.8) is 0 Å². The van der Waals surface area contributed by atoms with Crippen LogP contribution >= 0.6 is 0 Å². The molecule has 23 heavy (non-hydrogen) atoms. The zero-order valence-electron chi connectivity index (χ0n) is 13.8. The highest BCUT2D eigenvalue weighted by Crippen LogP contribution is 2.09. The van der Waals surface area contributed by atoms with Crippen LogP contribution < -0.4 is 0 Å². The first-order valence-corrected chi connectivity index (χ1v) is 7.90. The lowest BCUT2D eigenvalue weighted by Gasteiger charge is -2.25. The molecule has 1 fully saturated rings. The van der Waals surface area contributed by atoms with E-state index in [1.807, 2.05) is 12.1 Å². The summed E-state index contributed by atoms with van der Waals surface area (Å²) in [6.07, 6.45) is 5.51. The van der Waals surface area contributed by atoms with Crippen molar-refractivity contribution in [3.8, 4) is 0 Å². The Morgan fingerprint density at radius 3 is 2.48 bits per heavy atom. The molecule has 0 aromatic carbocycles. The Labute approximate surface area is 136 Å². The molecule has 1 aliphatic rings. The van der Waals surface area contributed by atoms with E-state index >= 15 is 0 Å². The molecule has 0 N–H and O–H groups in total. The van der Waals surface area contributed by atoms with Crippen LogP contribution in [0.3, 0.4) is 0 Å². The summed E-state index contributed by atoms with van der Waals surface area (Å²) in [6, 6.07) is 3.85. The van der Waals surface area contributed by atoms with Gasteiger partial charge in [-0.15, -0.1) is 0 Å². The van der Waals surface area contributed by atoms with Gasteiger partial charge in [0, 0.05) is 38.2 Å². The summed E-state index contributed by atoms with van der Waals surface area (Å²) >= 11 is 0. The molecule has 0 aliphatic carbocycles. The summed E-state index contributed by atoms with van der Waals surface area (Å²) in [7, 11) is 0. The lowest BCUT2D eigenvalue weighted by Crippen LogP contribution is -2.41. The van der Waals surface area contributed by atoms with Gasteiger partial charge >= 0.3 is 5.97 Å². The number of carbonyl (C=O) groups is 3. The second kappa shape index (κ2) is 10.5. The van der Waals surface area contributed by atoms with Gasteiger partial charge in [0.15, 0.2) is 5.78 Å². The molecule has 6 nitrogen and oxygen atoms in total. The number of ketones is 1. The Kier molecular flexibility index (Phi) is 8.57. The van der Waals surface area contributed by atoms with E-state index in [1.54, 1.807) is 31.1 Å². The molecular weight excluding hydrogens is 296 g/mol. The number of hydrogen-bond acceptors (Lipinski definition) is 5. The Morgan fingerprint density at radius 1 is 1.22 bits per heavy atom. The number of amides is 1. The SMILES string of the molecule is CCOC(=O)CC.O=C1CCC(=O)N(CCc2ccncc2)C1. The molecule has 0 radical (unpaired) electrons. The number of pyridine rings is 1. The van der Waals surface area contributed by atoms with Crippen molar-refractivity contribution >= 4 is 17.7 Å². The highest BCUT2D eigenvalue weighted by molar-refractivity contribution is 5.92. The number of piperidine rings is 1. The van der Waals surface area contributed by atoms with Crippen LogP contribution in [0.4, 0.5) is 0 Å². The molecule has 1 aliphatic heterocycles. The lowest BCUT2D eigenvalue weighted by atomic mass is 10.1. The molecule has 126 valence electrons. The minimum atomic E-state index is -0.123. The van der Waals surface area contributed by atoms with E-state index in [2.05, 4.69) is 9.72 Å². The first kappa shape index (κ1) is 18.8. The van der Waals surface area contributed by atoms with Crippen LogP contribution in [0.5, 0.6) is 0 Å². The molecule has 0 saturated carbocycles. The smallest absolute Gasteiger partial charge is 0.305 e. The Morgan fingerprint density at radius 2 is 1.91 bits per heavy atom. The molecule has 2 heterocycles. The summed E-state index contributed by atoms with van der Waals surface area (Å²) in [6.45, 7) is 4.97. The van der Waals surface area contributed by atoms with Crippen LogP contribution in [-0.4, -0.2) is 47.2 Å². The van der Waals surface area contributed by atoms with Crippen molar-refractivity contribution in [3.05, 3.63) is 30.1 Å². The molecule has 0 bridgehead atoms. The summed E-state index contributed by atoms with van der Waals surface area (Å²) in [5, 5.41) is 0. The lowest BCUT2D eigenvalue weighted by molar-refractivity contribution is -0.142. The van der Waals surface area contributed by atoms with E-state index in [4.69, 9.17) is 0 Å². The van der Waals surface area contributed by atoms with E-state index in [0.717, 1.165) is 12.0 Å². The number of carbonyl (C=O) groups excluding carboxylic acids is 3. The van der Waals surface area contributed by atoms with Crippen molar-refractivity contribution in [1.29, 1.82) is 0 Å². The fraction of sp³-hybridized carbons (Fsp3) is 0.529. The van der Waals surface area contributed by atoms with E-state index in [9.17, 15) is 14.4 Å². The molecule has 1 amide bonds. The van der Waals surface area contributed by atoms with Crippen LogP contribution in [0.1, 0.15) is 38.7 Å². The molecule has 0 spiro atoms. The normalized spacial score (nSPS) is 14.1. The minimum absolute atomic E-state index is 0.0913. The molecule has 0 atom stereocenters. The van der Waals surface area contributed by atoms with Gasteiger partial charge in [-0.3, -0.25) is 19.4 Å². The average Bonchev–Trinajstić information content (AvgIpc) is 2.57. The van der Waals surface area contributed by atoms with Gasteiger partial charge in [-0.25, -0.2) is 0 Å². The number of Topliss-reactive ketones (excluding diaryl/α,β-unsaturated/α-hetero) is 1. The van der Waals surface area contributed by atoms with Gasteiger partial charge in [0.1, 0.15) is 0 Å². The monoisotopic (exact) mass is 320 g/mol. The fourth-order valence-corrected chi connectivity index (χ4v) is 2.06. The number of rotatable bonds is 5. The number of likely N-dealkylation sites (tertiary alicyclic amines) is 1. The maximum atomic E-state index is 11.5. The van der Waals surface area contributed by atoms with Crippen LogP contribution in [0.15, 0.2) is 24.5 Å². The average molecular weight is 320 g/mol. The highest BCUT2D eigenvalue weighted by atomic mass is 16.5. The van der Waals surface area contributed by atoms with Crippen LogP contribution in [0.2, 0.25) is 0 Å². The minimum Gasteiger partial charge on any atom is -0.466 e. The number of aromatic nitrogens is 1. The highest BCUT2D eigenvalue weighted by Gasteiger charge is 2.22. The molecule has 2 rings (SSSR count). The maximum absolute atomic E-state index is 11.5. The van der Waals surface area contributed by atoms with Crippen molar-refractivity contribution in [2.75, 3.05) is 19.7 Å². The second-order valence-electron chi connectivity index (χ2n) is 5.12. The van der Waals surface area contributed by atoms with Gasteiger partial charge < -0.3 is 9.64 Å². The summed E-state index contributed by atoms with van der Waals surface area (Å²) in [4.78, 5) is 38.5. The number of nitrogens with zero attached hydrogens (tertiary/aromatic N) is 2. The van der Waals surface area contributed by atoms with Crippen LogP contribution in [-0.2, 0) is 25.5 Å². The zero-order valence-corrected chi connectivity index (χ0v) is 13.8. The second-order valence-corrected chi connectivity index (χ2v) is 5.12. The predicted octanol–water partition coefficient (Wildman–Crippen LogP) is 1.78. The topological polar surface area (TPSA) is 76.6 Å². The largest absolute Gasteiger partial charge is 0.466 e. The molecular formula is C17H24N2O4. The Hall–Kier alpha value is -2.24. The van der Waals surface area contributed by atoms with E-state index in [-0.39, 0.29) is 24.2 Å². The van der Waals surface area contributed by atoms with Crippen molar-refractivity contribution < 1.29 is 19.1 Å². The first-order chi connectivity index (χ1) is 11.1. The summed E-state index contributed by atoms with van der Waals surface area (Å²) < 4.78 is 4.55. The standard InChI is InChI=1S/C12H14N2O2.C5H10O2/c15-11-1-2-12(16)14(9-11)8-5-10-3-6-13-7-4-10;1-3-5(6)7-4-2/h3-4,6-7H,1-2,5,8-9H2;3-4H2,1-2H3. The third-order valence-corrected chi connectivity index (χ3v) is 3.35. The molecule has 0 unspecified atom stereocenters. The molecule has 6 heteroatoms. The van der Waals surface area contributed by atoms with Gasteiger partial charge in [0.05, 0.1) is 13.2 Å². The van der Waals surface area contributed by atoms with E-state index in [1.165, 1.54) is 0 Å². The zero-order chi connectivity index (χ0) is 17.1.